The average Bonchev–Trinajstić information content (AvgIpc) is 3.55. The van der Waals surface area contributed by atoms with Crippen molar-refractivity contribution in [3.8, 4) is 11.3 Å². The van der Waals surface area contributed by atoms with Crippen molar-refractivity contribution in [1.82, 2.24) is 30.6 Å². The first kappa shape index (κ1) is 23.4. The standard InChI is InChI=1S/C24H26N6O3S/c1-25-21(31)10-4-2-3-9-18(30-24(33)20-13-26-14-34-20)22-27-12-19(28-22)16-11-15-7-5-6-8-17(15)29-23(16)32/h5-8,11-14,18H,2-4,9-10H2,1H3,(H,25,31)(H,27,28)(H,29,32)(H,30,33). The number of carbonyl (C=O) groups is 2. The number of aromatic amines is 2. The Bertz CT molecular complexity index is 1330. The van der Waals surface area contributed by atoms with E-state index < -0.39 is 0 Å². The molecule has 2 amide bonds. The number of amides is 2. The van der Waals surface area contributed by atoms with E-state index in [0.29, 0.717) is 34.8 Å². The molecule has 10 heteroatoms. The molecule has 34 heavy (non-hydrogen) atoms. The molecule has 176 valence electrons. The average molecular weight is 479 g/mol. The van der Waals surface area contributed by atoms with Gasteiger partial charge in [0, 0.05) is 19.0 Å². The molecule has 0 saturated heterocycles. The van der Waals surface area contributed by atoms with Crippen LogP contribution < -0.4 is 16.2 Å². The number of carbonyl (C=O) groups excluding carboxylic acids is 2. The second-order valence-corrected chi connectivity index (χ2v) is 8.83. The number of unbranched alkanes of at least 4 members (excludes halogenated alkanes) is 2. The number of fused-ring (bicyclic) bond motifs is 1. The molecular weight excluding hydrogens is 452 g/mol. The largest absolute Gasteiger partial charge is 0.359 e. The molecule has 4 rings (SSSR count). The molecule has 0 aliphatic carbocycles. The van der Waals surface area contributed by atoms with E-state index in [1.165, 1.54) is 17.5 Å². The first-order valence-electron chi connectivity index (χ1n) is 11.1. The number of para-hydroxylation sites is 1. The lowest BCUT2D eigenvalue weighted by molar-refractivity contribution is -0.120. The zero-order chi connectivity index (χ0) is 23.9. The first-order chi connectivity index (χ1) is 16.5. The van der Waals surface area contributed by atoms with Crippen molar-refractivity contribution in [3.05, 3.63) is 69.3 Å². The van der Waals surface area contributed by atoms with E-state index in [9.17, 15) is 14.4 Å². The van der Waals surface area contributed by atoms with Gasteiger partial charge in [0.25, 0.3) is 11.5 Å². The van der Waals surface area contributed by atoms with E-state index in [1.54, 1.807) is 18.8 Å². The molecule has 0 aliphatic heterocycles. The number of nitrogens with zero attached hydrogens (tertiary/aromatic N) is 2. The van der Waals surface area contributed by atoms with Gasteiger partial charge < -0.3 is 20.6 Å². The molecule has 0 fully saturated rings. The van der Waals surface area contributed by atoms with Crippen LogP contribution >= 0.6 is 11.3 Å². The summed E-state index contributed by atoms with van der Waals surface area (Å²) < 4.78 is 0. The second-order valence-electron chi connectivity index (χ2n) is 7.95. The number of aromatic nitrogens is 4. The lowest BCUT2D eigenvalue weighted by Gasteiger charge is -2.16. The Kier molecular flexibility index (Phi) is 7.48. The Morgan fingerprint density at radius 1 is 1.12 bits per heavy atom. The van der Waals surface area contributed by atoms with Gasteiger partial charge in [-0.1, -0.05) is 31.0 Å². The van der Waals surface area contributed by atoms with Gasteiger partial charge in [-0.15, -0.1) is 11.3 Å². The summed E-state index contributed by atoms with van der Waals surface area (Å²) in [6.45, 7) is 0. The van der Waals surface area contributed by atoms with E-state index in [2.05, 4.69) is 30.6 Å². The second kappa shape index (κ2) is 10.9. The van der Waals surface area contributed by atoms with Gasteiger partial charge in [0.15, 0.2) is 0 Å². The predicted octanol–water partition coefficient (Wildman–Crippen LogP) is 3.54. The summed E-state index contributed by atoms with van der Waals surface area (Å²) in [6.07, 6.45) is 6.68. The number of nitrogens with one attached hydrogen (secondary N) is 4. The maximum atomic E-state index is 12.7. The van der Waals surface area contributed by atoms with Crippen LogP contribution in [0.25, 0.3) is 22.2 Å². The Morgan fingerprint density at radius 2 is 1.97 bits per heavy atom. The lowest BCUT2D eigenvalue weighted by Crippen LogP contribution is -2.28. The van der Waals surface area contributed by atoms with Gasteiger partial charge in [-0.2, -0.15) is 0 Å². The van der Waals surface area contributed by atoms with E-state index in [4.69, 9.17) is 0 Å². The summed E-state index contributed by atoms with van der Waals surface area (Å²) in [5, 5.41) is 6.57. The maximum absolute atomic E-state index is 12.7. The third-order valence-electron chi connectivity index (χ3n) is 5.61. The van der Waals surface area contributed by atoms with Crippen molar-refractivity contribution >= 4 is 34.1 Å². The highest BCUT2D eigenvalue weighted by Crippen LogP contribution is 2.23. The molecule has 3 aromatic heterocycles. The van der Waals surface area contributed by atoms with Gasteiger partial charge in [-0.3, -0.25) is 19.4 Å². The van der Waals surface area contributed by atoms with Crippen LogP contribution in [0.4, 0.5) is 0 Å². The summed E-state index contributed by atoms with van der Waals surface area (Å²) in [4.78, 5) is 51.9. The number of H-pyrrole nitrogens is 2. The quantitative estimate of drug-likeness (QED) is 0.259. The fourth-order valence-electron chi connectivity index (χ4n) is 3.77. The van der Waals surface area contributed by atoms with Crippen molar-refractivity contribution < 1.29 is 9.59 Å². The SMILES string of the molecule is CNC(=O)CCCCCC(NC(=O)c1cncs1)c1ncc(-c2cc3ccccc3[nH]c2=O)[nH]1. The minimum Gasteiger partial charge on any atom is -0.359 e. The number of pyridine rings is 1. The molecule has 0 radical (unpaired) electrons. The minimum atomic E-state index is -0.372. The number of rotatable bonds is 10. The monoisotopic (exact) mass is 478 g/mol. The van der Waals surface area contributed by atoms with Crippen LogP contribution in [0.15, 0.2) is 53.0 Å². The molecule has 0 aliphatic rings. The Morgan fingerprint density at radius 3 is 2.76 bits per heavy atom. The summed E-state index contributed by atoms with van der Waals surface area (Å²) in [6, 6.07) is 9.03. The molecule has 0 saturated carbocycles. The minimum absolute atomic E-state index is 0.0198. The number of benzene rings is 1. The molecule has 1 atom stereocenters. The predicted molar refractivity (Wildman–Crippen MR) is 132 cm³/mol. The normalized spacial score (nSPS) is 11.9. The fourth-order valence-corrected chi connectivity index (χ4v) is 4.29. The van der Waals surface area contributed by atoms with Gasteiger partial charge in [0.2, 0.25) is 5.91 Å². The third-order valence-corrected chi connectivity index (χ3v) is 6.38. The highest BCUT2D eigenvalue weighted by Gasteiger charge is 2.20. The third kappa shape index (κ3) is 5.57. The van der Waals surface area contributed by atoms with Crippen LogP contribution in [-0.4, -0.2) is 38.8 Å². The lowest BCUT2D eigenvalue weighted by atomic mass is 10.1. The molecule has 9 nitrogen and oxygen atoms in total. The van der Waals surface area contributed by atoms with E-state index in [1.807, 2.05) is 30.3 Å². The summed E-state index contributed by atoms with van der Waals surface area (Å²) in [7, 11) is 1.63. The van der Waals surface area contributed by atoms with Crippen molar-refractivity contribution in [3.63, 3.8) is 0 Å². The van der Waals surface area contributed by atoms with Crippen molar-refractivity contribution in [2.75, 3.05) is 7.05 Å². The number of hydrogen-bond donors (Lipinski definition) is 4. The molecule has 0 bridgehead atoms. The van der Waals surface area contributed by atoms with Crippen molar-refractivity contribution in [1.29, 1.82) is 0 Å². The number of imidazole rings is 1. The van der Waals surface area contributed by atoms with Crippen LogP contribution in [0.1, 0.15) is 53.6 Å². The summed E-state index contributed by atoms with van der Waals surface area (Å²) in [5.74, 6) is 0.373. The van der Waals surface area contributed by atoms with Crippen LogP contribution in [0.3, 0.4) is 0 Å². The van der Waals surface area contributed by atoms with E-state index in [-0.39, 0.29) is 23.4 Å². The molecule has 1 aromatic carbocycles. The summed E-state index contributed by atoms with van der Waals surface area (Å²) >= 11 is 1.27. The Hall–Kier alpha value is -3.79. The molecule has 4 aromatic rings. The van der Waals surface area contributed by atoms with Crippen molar-refractivity contribution in [2.45, 2.75) is 38.1 Å². The van der Waals surface area contributed by atoms with Gasteiger partial charge in [-0.25, -0.2) is 4.98 Å². The highest BCUT2D eigenvalue weighted by atomic mass is 32.1. The number of hydrogen-bond acceptors (Lipinski definition) is 6. The van der Waals surface area contributed by atoms with Crippen molar-refractivity contribution in [2.24, 2.45) is 0 Å². The van der Waals surface area contributed by atoms with Gasteiger partial charge >= 0.3 is 0 Å². The maximum Gasteiger partial charge on any atom is 0.263 e. The van der Waals surface area contributed by atoms with E-state index in [0.717, 1.165) is 30.2 Å². The van der Waals surface area contributed by atoms with Gasteiger partial charge in [0.05, 0.1) is 35.2 Å². The van der Waals surface area contributed by atoms with Crippen LogP contribution in [0.2, 0.25) is 0 Å². The van der Waals surface area contributed by atoms with Crippen LogP contribution in [-0.2, 0) is 4.79 Å². The zero-order valence-corrected chi connectivity index (χ0v) is 19.6. The molecule has 0 spiro atoms. The zero-order valence-electron chi connectivity index (χ0n) is 18.8. The summed E-state index contributed by atoms with van der Waals surface area (Å²) in [5.41, 5.74) is 3.23. The van der Waals surface area contributed by atoms with Gasteiger partial charge in [0.1, 0.15) is 10.7 Å². The Balaban J connectivity index is 1.52. The first-order valence-corrected chi connectivity index (χ1v) is 12.0. The fraction of sp³-hybridized carbons (Fsp3) is 0.292. The van der Waals surface area contributed by atoms with Crippen LogP contribution in [0, 0.1) is 0 Å². The topological polar surface area (TPSA) is 133 Å². The molecular formula is C24H26N6O3S. The van der Waals surface area contributed by atoms with E-state index >= 15 is 0 Å². The van der Waals surface area contributed by atoms with Crippen LogP contribution in [0.5, 0.6) is 0 Å². The molecule has 1 unspecified atom stereocenters. The van der Waals surface area contributed by atoms with Gasteiger partial charge in [-0.05, 0) is 30.4 Å². The molecule has 3 heterocycles. The highest BCUT2D eigenvalue weighted by molar-refractivity contribution is 7.11. The smallest absolute Gasteiger partial charge is 0.263 e. The molecule has 4 N–H and O–H groups in total. The Labute approximate surface area is 200 Å². The number of thiazole rings is 1.